The lowest BCUT2D eigenvalue weighted by Crippen LogP contribution is -2.55. The number of hydrogen-bond donors (Lipinski definition) is 2. The van der Waals surface area contributed by atoms with Gasteiger partial charge in [0, 0.05) is 25.3 Å². The van der Waals surface area contributed by atoms with Crippen LogP contribution in [0.4, 0.5) is 5.82 Å². The molecule has 1 saturated heterocycles. The normalized spacial score (nSPS) is 20.8. The summed E-state index contributed by atoms with van der Waals surface area (Å²) in [6.07, 6.45) is 0. The molecule has 0 aromatic carbocycles. The lowest BCUT2D eigenvalue weighted by molar-refractivity contribution is -0.138. The Morgan fingerprint density at radius 2 is 2.44 bits per heavy atom. The molecule has 5 heteroatoms. The van der Waals surface area contributed by atoms with Gasteiger partial charge in [-0.3, -0.25) is 0 Å². The van der Waals surface area contributed by atoms with Gasteiger partial charge in [0.15, 0.2) is 0 Å². The third-order valence-corrected chi connectivity index (χ3v) is 2.70. The fourth-order valence-electron chi connectivity index (χ4n) is 1.89. The number of hydrogen-bond acceptors (Lipinski definition) is 4. The molecule has 16 heavy (non-hydrogen) atoms. The first-order chi connectivity index (χ1) is 7.68. The van der Waals surface area contributed by atoms with E-state index in [-0.39, 0.29) is 0 Å². The van der Waals surface area contributed by atoms with Crippen LogP contribution in [0.5, 0.6) is 0 Å². The minimum atomic E-state index is -0.810. The molecule has 0 saturated carbocycles. The molecule has 1 aliphatic rings. The van der Waals surface area contributed by atoms with Gasteiger partial charge in [-0.05, 0) is 19.1 Å². The molecule has 1 fully saturated rings. The van der Waals surface area contributed by atoms with Crippen molar-refractivity contribution >= 4 is 11.8 Å². The van der Waals surface area contributed by atoms with Gasteiger partial charge in [0.2, 0.25) is 0 Å². The summed E-state index contributed by atoms with van der Waals surface area (Å²) < 4.78 is 0. The Bertz CT molecular complexity index is 395. The maximum Gasteiger partial charge on any atom is 0.327 e. The van der Waals surface area contributed by atoms with Crippen molar-refractivity contribution < 1.29 is 9.90 Å². The van der Waals surface area contributed by atoms with E-state index in [2.05, 4.69) is 10.3 Å². The Balaban J connectivity index is 2.26. The van der Waals surface area contributed by atoms with E-state index in [0.29, 0.717) is 13.1 Å². The summed E-state index contributed by atoms with van der Waals surface area (Å²) in [7, 11) is 0. The summed E-state index contributed by atoms with van der Waals surface area (Å²) in [4.78, 5) is 17.3. The number of nitrogens with zero attached hydrogens (tertiary/aromatic N) is 2. The molecule has 2 rings (SSSR count). The average Bonchev–Trinajstić information content (AvgIpc) is 2.29. The van der Waals surface area contributed by atoms with Gasteiger partial charge in [-0.15, -0.1) is 0 Å². The molecule has 0 radical (unpaired) electrons. The van der Waals surface area contributed by atoms with Crippen molar-refractivity contribution in [2.24, 2.45) is 0 Å². The van der Waals surface area contributed by atoms with Gasteiger partial charge in [0.05, 0.1) is 0 Å². The first kappa shape index (κ1) is 10.9. The first-order valence-corrected chi connectivity index (χ1v) is 5.32. The number of piperazine rings is 1. The van der Waals surface area contributed by atoms with Crippen molar-refractivity contribution in [3.8, 4) is 0 Å². The largest absolute Gasteiger partial charge is 0.480 e. The second-order valence-corrected chi connectivity index (χ2v) is 3.89. The highest BCUT2D eigenvalue weighted by atomic mass is 16.4. The summed E-state index contributed by atoms with van der Waals surface area (Å²) in [5.41, 5.74) is 0.903. The number of carboxylic acid groups (broad SMARTS) is 1. The molecule has 0 spiro atoms. The molecular weight excluding hydrogens is 206 g/mol. The standard InChI is InChI=1S/C11H15N3O2/c1-8-3-2-4-10(13-8)14-6-5-12-7-9(14)11(15)16/h2-4,9,12H,5-7H2,1H3,(H,15,16). The summed E-state index contributed by atoms with van der Waals surface area (Å²) in [5.74, 6) is -0.0654. The van der Waals surface area contributed by atoms with E-state index >= 15 is 0 Å². The lowest BCUT2D eigenvalue weighted by Gasteiger charge is -2.34. The number of carboxylic acids is 1. The van der Waals surface area contributed by atoms with E-state index in [4.69, 9.17) is 5.11 Å². The minimum absolute atomic E-state index is 0.463. The molecule has 1 aromatic heterocycles. The number of anilines is 1. The number of pyridine rings is 1. The molecule has 0 amide bonds. The Morgan fingerprint density at radius 1 is 1.62 bits per heavy atom. The lowest BCUT2D eigenvalue weighted by atomic mass is 10.2. The van der Waals surface area contributed by atoms with Gasteiger partial charge in [-0.25, -0.2) is 9.78 Å². The van der Waals surface area contributed by atoms with Crippen LogP contribution in [0.1, 0.15) is 5.69 Å². The second kappa shape index (κ2) is 4.49. The van der Waals surface area contributed by atoms with E-state index in [1.165, 1.54) is 0 Å². The van der Waals surface area contributed by atoms with E-state index in [0.717, 1.165) is 18.1 Å². The third kappa shape index (κ3) is 2.14. The molecule has 2 heterocycles. The SMILES string of the molecule is Cc1cccc(N2CCNCC2C(=O)O)n1. The molecule has 86 valence electrons. The van der Waals surface area contributed by atoms with Crippen LogP contribution in [-0.2, 0) is 4.79 Å². The number of aliphatic carboxylic acids is 1. The molecular formula is C11H15N3O2. The van der Waals surface area contributed by atoms with Crippen LogP contribution in [-0.4, -0.2) is 41.7 Å². The van der Waals surface area contributed by atoms with Crippen LogP contribution in [0, 0.1) is 6.92 Å². The molecule has 1 unspecified atom stereocenters. The maximum atomic E-state index is 11.1. The van der Waals surface area contributed by atoms with Crippen molar-refractivity contribution in [3.63, 3.8) is 0 Å². The zero-order valence-electron chi connectivity index (χ0n) is 9.18. The van der Waals surface area contributed by atoms with E-state index in [1.807, 2.05) is 30.0 Å². The highest BCUT2D eigenvalue weighted by molar-refractivity contribution is 5.78. The van der Waals surface area contributed by atoms with Gasteiger partial charge >= 0.3 is 5.97 Å². The summed E-state index contributed by atoms with van der Waals surface area (Å²) >= 11 is 0. The van der Waals surface area contributed by atoms with E-state index < -0.39 is 12.0 Å². The number of rotatable bonds is 2. The smallest absolute Gasteiger partial charge is 0.327 e. The number of carbonyl (C=O) groups is 1. The van der Waals surface area contributed by atoms with Crippen LogP contribution in [0.3, 0.4) is 0 Å². The topological polar surface area (TPSA) is 65.5 Å². The Labute approximate surface area is 94.1 Å². The molecule has 0 aliphatic carbocycles. The van der Waals surface area contributed by atoms with Crippen LogP contribution >= 0.6 is 0 Å². The minimum Gasteiger partial charge on any atom is -0.480 e. The van der Waals surface area contributed by atoms with Gasteiger partial charge in [0.25, 0.3) is 0 Å². The van der Waals surface area contributed by atoms with Gasteiger partial charge in [-0.2, -0.15) is 0 Å². The summed E-state index contributed by atoms with van der Waals surface area (Å²) in [6.45, 7) is 3.83. The van der Waals surface area contributed by atoms with Crippen molar-refractivity contribution in [1.29, 1.82) is 0 Å². The van der Waals surface area contributed by atoms with E-state index in [1.54, 1.807) is 0 Å². The Kier molecular flexibility index (Phi) is 3.05. The molecule has 5 nitrogen and oxygen atoms in total. The van der Waals surface area contributed by atoms with Crippen LogP contribution in [0.15, 0.2) is 18.2 Å². The number of aryl methyl sites for hydroxylation is 1. The predicted octanol–water partition coefficient (Wildman–Crippen LogP) is 0.253. The van der Waals surface area contributed by atoms with Gasteiger partial charge < -0.3 is 15.3 Å². The van der Waals surface area contributed by atoms with Crippen molar-refractivity contribution in [2.75, 3.05) is 24.5 Å². The predicted molar refractivity (Wildman–Crippen MR) is 60.6 cm³/mol. The van der Waals surface area contributed by atoms with Gasteiger partial charge in [-0.1, -0.05) is 6.07 Å². The highest BCUT2D eigenvalue weighted by Gasteiger charge is 2.29. The van der Waals surface area contributed by atoms with Crippen molar-refractivity contribution in [1.82, 2.24) is 10.3 Å². The highest BCUT2D eigenvalue weighted by Crippen LogP contribution is 2.16. The fraction of sp³-hybridized carbons (Fsp3) is 0.455. The zero-order chi connectivity index (χ0) is 11.5. The molecule has 0 bridgehead atoms. The van der Waals surface area contributed by atoms with Crippen LogP contribution in [0.25, 0.3) is 0 Å². The Hall–Kier alpha value is -1.62. The molecule has 1 aromatic rings. The van der Waals surface area contributed by atoms with Crippen LogP contribution < -0.4 is 10.2 Å². The quantitative estimate of drug-likeness (QED) is 0.749. The Morgan fingerprint density at radius 3 is 3.12 bits per heavy atom. The monoisotopic (exact) mass is 221 g/mol. The van der Waals surface area contributed by atoms with Crippen molar-refractivity contribution in [2.45, 2.75) is 13.0 Å². The van der Waals surface area contributed by atoms with Crippen molar-refractivity contribution in [3.05, 3.63) is 23.9 Å². The first-order valence-electron chi connectivity index (χ1n) is 5.32. The molecule has 1 atom stereocenters. The summed E-state index contributed by atoms with van der Waals surface area (Å²) in [5, 5.41) is 12.2. The van der Waals surface area contributed by atoms with Crippen LogP contribution in [0.2, 0.25) is 0 Å². The zero-order valence-corrected chi connectivity index (χ0v) is 9.18. The summed E-state index contributed by atoms with van der Waals surface area (Å²) in [6, 6.07) is 5.14. The third-order valence-electron chi connectivity index (χ3n) is 2.70. The fourth-order valence-corrected chi connectivity index (χ4v) is 1.89. The average molecular weight is 221 g/mol. The van der Waals surface area contributed by atoms with Gasteiger partial charge in [0.1, 0.15) is 11.9 Å². The van der Waals surface area contributed by atoms with E-state index in [9.17, 15) is 4.79 Å². The molecule has 1 aliphatic heterocycles. The molecule has 2 N–H and O–H groups in total. The number of nitrogens with one attached hydrogen (secondary N) is 1. The number of aromatic nitrogens is 1. The second-order valence-electron chi connectivity index (χ2n) is 3.89. The maximum absolute atomic E-state index is 11.1.